The standard InChI is InChI=1S/C12H15NO.ClH/c14-12(10-13-8-4-5-9-13)11-6-2-1-3-7-11;/h1-3,6-7H,4-5,8-10H2;1H. The lowest BCUT2D eigenvalue weighted by Gasteiger charge is -2.12. The van der Waals surface area contributed by atoms with Crippen LogP contribution in [0.15, 0.2) is 30.3 Å². The Balaban J connectivity index is 0.00000112. The topological polar surface area (TPSA) is 20.3 Å². The van der Waals surface area contributed by atoms with Crippen LogP contribution in [0.4, 0.5) is 0 Å². The molecule has 1 aliphatic heterocycles. The molecule has 1 aromatic carbocycles. The summed E-state index contributed by atoms with van der Waals surface area (Å²) in [5, 5.41) is 0. The van der Waals surface area contributed by atoms with Crippen molar-refractivity contribution in [2.45, 2.75) is 12.8 Å². The Hall–Kier alpha value is -0.860. The number of ketones is 1. The summed E-state index contributed by atoms with van der Waals surface area (Å²) >= 11 is 0. The van der Waals surface area contributed by atoms with Gasteiger partial charge in [0.1, 0.15) is 0 Å². The lowest BCUT2D eigenvalue weighted by molar-refractivity contribution is 0.0945. The van der Waals surface area contributed by atoms with E-state index in [0.717, 1.165) is 18.7 Å². The average Bonchev–Trinajstić information content (AvgIpc) is 2.72. The van der Waals surface area contributed by atoms with Crippen LogP contribution in [0.1, 0.15) is 23.2 Å². The number of hydrogen-bond donors (Lipinski definition) is 0. The van der Waals surface area contributed by atoms with Gasteiger partial charge in [0.25, 0.3) is 0 Å². The number of nitrogens with zero attached hydrogens (tertiary/aromatic N) is 1. The molecule has 1 fully saturated rings. The van der Waals surface area contributed by atoms with Crippen LogP contribution in [0.3, 0.4) is 0 Å². The van der Waals surface area contributed by atoms with Gasteiger partial charge in [-0.3, -0.25) is 9.69 Å². The Kier molecular flexibility index (Phi) is 4.79. The Bertz CT molecular complexity index is 307. The van der Waals surface area contributed by atoms with Crippen LogP contribution >= 0.6 is 12.4 Å². The van der Waals surface area contributed by atoms with Gasteiger partial charge in [-0.05, 0) is 25.9 Å². The highest BCUT2D eigenvalue weighted by Gasteiger charge is 2.15. The van der Waals surface area contributed by atoms with Gasteiger partial charge < -0.3 is 0 Å². The first kappa shape index (κ1) is 12.2. The van der Waals surface area contributed by atoms with Crippen molar-refractivity contribution in [3.8, 4) is 0 Å². The predicted octanol–water partition coefficient (Wildman–Crippen LogP) is 2.39. The summed E-state index contributed by atoms with van der Waals surface area (Å²) in [4.78, 5) is 14.0. The molecule has 0 atom stereocenters. The number of benzene rings is 1. The third kappa shape index (κ3) is 3.33. The van der Waals surface area contributed by atoms with Crippen molar-refractivity contribution in [1.82, 2.24) is 4.90 Å². The molecule has 1 heterocycles. The second-order valence-corrected chi connectivity index (χ2v) is 3.77. The molecular weight excluding hydrogens is 210 g/mol. The number of hydrogen-bond acceptors (Lipinski definition) is 2. The largest absolute Gasteiger partial charge is 0.296 e. The van der Waals surface area contributed by atoms with Gasteiger partial charge in [0.2, 0.25) is 0 Å². The number of carbonyl (C=O) groups excluding carboxylic acids is 1. The Morgan fingerprint density at radius 1 is 1.13 bits per heavy atom. The van der Waals surface area contributed by atoms with Gasteiger partial charge in [-0.15, -0.1) is 12.4 Å². The maximum atomic E-state index is 11.8. The fourth-order valence-electron chi connectivity index (χ4n) is 1.86. The number of Topliss-reactive ketones (excluding diaryl/α,β-unsaturated/α-hetero) is 1. The summed E-state index contributed by atoms with van der Waals surface area (Å²) in [6.45, 7) is 2.75. The van der Waals surface area contributed by atoms with Gasteiger partial charge in [0.05, 0.1) is 6.54 Å². The fraction of sp³-hybridized carbons (Fsp3) is 0.417. The van der Waals surface area contributed by atoms with Crippen molar-refractivity contribution in [2.24, 2.45) is 0 Å². The van der Waals surface area contributed by atoms with Crippen LogP contribution in [0.2, 0.25) is 0 Å². The molecule has 0 radical (unpaired) electrons. The predicted molar refractivity (Wildman–Crippen MR) is 63.7 cm³/mol. The zero-order valence-electron chi connectivity index (χ0n) is 8.69. The van der Waals surface area contributed by atoms with E-state index in [2.05, 4.69) is 4.90 Å². The van der Waals surface area contributed by atoms with E-state index in [1.165, 1.54) is 12.8 Å². The SMILES string of the molecule is Cl.O=C(CN1CCCC1)c1ccccc1. The van der Waals surface area contributed by atoms with Crippen LogP contribution in [-0.2, 0) is 0 Å². The van der Waals surface area contributed by atoms with E-state index in [1.54, 1.807) is 0 Å². The highest BCUT2D eigenvalue weighted by atomic mass is 35.5. The molecule has 0 spiro atoms. The maximum absolute atomic E-state index is 11.8. The molecule has 0 unspecified atom stereocenters. The van der Waals surface area contributed by atoms with Crippen molar-refractivity contribution in [1.29, 1.82) is 0 Å². The Labute approximate surface area is 96.7 Å². The van der Waals surface area contributed by atoms with E-state index in [0.29, 0.717) is 6.54 Å². The minimum absolute atomic E-state index is 0. The first-order chi connectivity index (χ1) is 6.86. The van der Waals surface area contributed by atoms with Crippen LogP contribution in [-0.4, -0.2) is 30.3 Å². The van der Waals surface area contributed by atoms with E-state index in [-0.39, 0.29) is 18.2 Å². The van der Waals surface area contributed by atoms with Gasteiger partial charge in [0.15, 0.2) is 5.78 Å². The van der Waals surface area contributed by atoms with Crippen LogP contribution in [0.25, 0.3) is 0 Å². The molecule has 3 heteroatoms. The fourth-order valence-corrected chi connectivity index (χ4v) is 1.86. The molecule has 2 nitrogen and oxygen atoms in total. The molecule has 1 aromatic rings. The van der Waals surface area contributed by atoms with Gasteiger partial charge in [0, 0.05) is 5.56 Å². The van der Waals surface area contributed by atoms with Crippen molar-refractivity contribution < 1.29 is 4.79 Å². The molecule has 0 bridgehead atoms. The minimum atomic E-state index is 0. The van der Waals surface area contributed by atoms with Crippen molar-refractivity contribution in [2.75, 3.05) is 19.6 Å². The van der Waals surface area contributed by atoms with E-state index < -0.39 is 0 Å². The third-order valence-corrected chi connectivity index (χ3v) is 2.66. The lowest BCUT2D eigenvalue weighted by atomic mass is 10.1. The molecule has 0 aliphatic carbocycles. The number of halogens is 1. The Morgan fingerprint density at radius 3 is 2.33 bits per heavy atom. The van der Waals surface area contributed by atoms with E-state index >= 15 is 0 Å². The molecule has 0 aromatic heterocycles. The van der Waals surface area contributed by atoms with Gasteiger partial charge >= 0.3 is 0 Å². The van der Waals surface area contributed by atoms with E-state index in [9.17, 15) is 4.79 Å². The summed E-state index contributed by atoms with van der Waals surface area (Å²) < 4.78 is 0. The Morgan fingerprint density at radius 2 is 1.73 bits per heavy atom. The lowest BCUT2D eigenvalue weighted by Crippen LogP contribution is -2.26. The summed E-state index contributed by atoms with van der Waals surface area (Å²) in [6.07, 6.45) is 2.48. The molecule has 2 rings (SSSR count). The zero-order valence-corrected chi connectivity index (χ0v) is 9.50. The molecular formula is C12H16ClNO. The maximum Gasteiger partial charge on any atom is 0.176 e. The number of rotatable bonds is 3. The summed E-state index contributed by atoms with van der Waals surface area (Å²) in [5.41, 5.74) is 0.833. The summed E-state index contributed by atoms with van der Waals surface area (Å²) in [7, 11) is 0. The van der Waals surface area contributed by atoms with Gasteiger partial charge in [-0.2, -0.15) is 0 Å². The molecule has 1 saturated heterocycles. The highest BCUT2D eigenvalue weighted by molar-refractivity contribution is 5.97. The minimum Gasteiger partial charge on any atom is -0.296 e. The smallest absolute Gasteiger partial charge is 0.176 e. The third-order valence-electron chi connectivity index (χ3n) is 2.66. The molecule has 82 valence electrons. The van der Waals surface area contributed by atoms with Crippen molar-refractivity contribution in [3.63, 3.8) is 0 Å². The molecule has 0 amide bonds. The molecule has 15 heavy (non-hydrogen) atoms. The normalized spacial score (nSPS) is 16.0. The molecule has 1 aliphatic rings. The molecule has 0 N–H and O–H groups in total. The number of carbonyl (C=O) groups is 1. The summed E-state index contributed by atoms with van der Waals surface area (Å²) in [6, 6.07) is 9.54. The highest BCUT2D eigenvalue weighted by Crippen LogP contribution is 2.09. The van der Waals surface area contributed by atoms with Crippen LogP contribution in [0, 0.1) is 0 Å². The first-order valence-corrected chi connectivity index (χ1v) is 5.17. The van der Waals surface area contributed by atoms with Crippen molar-refractivity contribution in [3.05, 3.63) is 35.9 Å². The second kappa shape index (κ2) is 5.89. The van der Waals surface area contributed by atoms with Crippen LogP contribution < -0.4 is 0 Å². The van der Waals surface area contributed by atoms with Gasteiger partial charge in [-0.1, -0.05) is 30.3 Å². The first-order valence-electron chi connectivity index (χ1n) is 5.17. The molecule has 0 saturated carbocycles. The second-order valence-electron chi connectivity index (χ2n) is 3.77. The quantitative estimate of drug-likeness (QED) is 0.737. The number of likely N-dealkylation sites (tertiary alicyclic amines) is 1. The van der Waals surface area contributed by atoms with E-state index in [1.807, 2.05) is 30.3 Å². The van der Waals surface area contributed by atoms with Crippen molar-refractivity contribution >= 4 is 18.2 Å². The van der Waals surface area contributed by atoms with E-state index in [4.69, 9.17) is 0 Å². The van der Waals surface area contributed by atoms with Gasteiger partial charge in [-0.25, -0.2) is 0 Å². The summed E-state index contributed by atoms with van der Waals surface area (Å²) in [5.74, 6) is 0.243. The zero-order chi connectivity index (χ0) is 9.80. The van der Waals surface area contributed by atoms with Crippen LogP contribution in [0.5, 0.6) is 0 Å². The monoisotopic (exact) mass is 225 g/mol. The average molecular weight is 226 g/mol.